The summed E-state index contributed by atoms with van der Waals surface area (Å²) in [5.41, 5.74) is 4.98. The molecule has 3 aromatic rings. The number of aliphatic hydroxyl groups excluding tert-OH is 1. The average molecular weight is 411 g/mol. The van der Waals surface area contributed by atoms with E-state index in [1.807, 2.05) is 16.8 Å². The van der Waals surface area contributed by atoms with Crippen LogP contribution in [0.3, 0.4) is 0 Å². The summed E-state index contributed by atoms with van der Waals surface area (Å²) in [6.07, 6.45) is 0. The van der Waals surface area contributed by atoms with Gasteiger partial charge in [-0.05, 0) is 23.7 Å². The van der Waals surface area contributed by atoms with Crippen LogP contribution >= 0.6 is 11.8 Å². The number of nitrogens with zero attached hydrogens (tertiary/aromatic N) is 2. The first-order valence-electron chi connectivity index (χ1n) is 9.63. The molecule has 0 fully saturated rings. The molecule has 1 aromatic heterocycles. The van der Waals surface area contributed by atoms with Gasteiger partial charge in [-0.15, -0.1) is 0 Å². The maximum Gasteiger partial charge on any atom is 0.139 e. The molecule has 146 valence electrons. The molecule has 1 aliphatic rings. The molecule has 2 aromatic carbocycles. The number of hydrogen-bond donors (Lipinski definition) is 1. The molecule has 0 bridgehead atoms. The smallest absolute Gasteiger partial charge is 0.139 e. The molecule has 6 heteroatoms. The highest BCUT2D eigenvalue weighted by Gasteiger charge is 2.27. The Balaban J connectivity index is 1.77. The molecule has 1 aliphatic heterocycles. The molecular weight excluding hydrogens is 384 g/mol. The van der Waals surface area contributed by atoms with Crippen molar-refractivity contribution in [1.82, 2.24) is 9.78 Å². The molecule has 0 spiro atoms. The maximum absolute atomic E-state index is 10.2. The van der Waals surface area contributed by atoms with Gasteiger partial charge in [-0.25, -0.2) is 4.68 Å². The van der Waals surface area contributed by atoms with Gasteiger partial charge in [0.1, 0.15) is 12.4 Å². The van der Waals surface area contributed by atoms with Gasteiger partial charge in [-0.3, -0.25) is 0 Å². The molecule has 0 unspecified atom stereocenters. The number of fused-ring (bicyclic) bond motifs is 5. The standard InChI is InChI=1S/C22H26N2O2SSi/c1-28(2,3)13-12-26-15-24-18(14-25)21-16-8-4-6-10-19(16)27-20-11-7-5-9-17(20)22(21)23-24/h4-11,25H,12-15H2,1-3H3. The van der Waals surface area contributed by atoms with Crippen molar-refractivity contribution in [2.45, 2.75) is 48.8 Å². The van der Waals surface area contributed by atoms with E-state index in [1.54, 1.807) is 11.8 Å². The van der Waals surface area contributed by atoms with E-state index < -0.39 is 8.07 Å². The van der Waals surface area contributed by atoms with Crippen LogP contribution in [0.4, 0.5) is 0 Å². The maximum atomic E-state index is 10.2. The van der Waals surface area contributed by atoms with Crippen molar-refractivity contribution < 1.29 is 9.84 Å². The Morgan fingerprint density at radius 3 is 2.32 bits per heavy atom. The summed E-state index contributed by atoms with van der Waals surface area (Å²) in [5, 5.41) is 15.1. The fourth-order valence-corrected chi connectivity index (χ4v) is 5.24. The lowest BCUT2D eigenvalue weighted by Gasteiger charge is -2.16. The molecule has 0 atom stereocenters. The summed E-state index contributed by atoms with van der Waals surface area (Å²) in [6, 6.07) is 17.8. The Labute approximate surface area is 171 Å². The van der Waals surface area contributed by atoms with Crippen molar-refractivity contribution in [2.24, 2.45) is 0 Å². The van der Waals surface area contributed by atoms with Gasteiger partial charge in [0.25, 0.3) is 0 Å². The number of rotatable bonds is 6. The minimum absolute atomic E-state index is 0.0686. The first-order valence-corrected chi connectivity index (χ1v) is 14.2. The molecule has 28 heavy (non-hydrogen) atoms. The Kier molecular flexibility index (Phi) is 5.47. The minimum atomic E-state index is -1.14. The third kappa shape index (κ3) is 3.82. The second kappa shape index (κ2) is 7.87. The Morgan fingerprint density at radius 1 is 1.00 bits per heavy atom. The van der Waals surface area contributed by atoms with E-state index in [0.29, 0.717) is 6.73 Å². The second-order valence-corrected chi connectivity index (χ2v) is 15.0. The quantitative estimate of drug-likeness (QED) is 0.337. The minimum Gasteiger partial charge on any atom is -0.390 e. The lowest BCUT2D eigenvalue weighted by molar-refractivity contribution is 0.0734. The van der Waals surface area contributed by atoms with Gasteiger partial charge in [0.05, 0.1) is 12.3 Å². The van der Waals surface area contributed by atoms with Crippen LogP contribution in [0, 0.1) is 0 Å². The van der Waals surface area contributed by atoms with Crippen molar-refractivity contribution in [1.29, 1.82) is 0 Å². The predicted molar refractivity (Wildman–Crippen MR) is 117 cm³/mol. The Hall–Kier alpha value is -1.86. The van der Waals surface area contributed by atoms with Crippen molar-refractivity contribution in [3.63, 3.8) is 0 Å². The van der Waals surface area contributed by atoms with Gasteiger partial charge in [0.2, 0.25) is 0 Å². The highest BCUT2D eigenvalue weighted by Crippen LogP contribution is 2.48. The van der Waals surface area contributed by atoms with E-state index in [4.69, 9.17) is 9.84 Å². The number of aromatic nitrogens is 2. The number of ether oxygens (including phenoxy) is 1. The van der Waals surface area contributed by atoms with Crippen LogP contribution in [0.5, 0.6) is 0 Å². The topological polar surface area (TPSA) is 47.3 Å². The first-order chi connectivity index (χ1) is 13.5. The lowest BCUT2D eigenvalue weighted by atomic mass is 9.99. The predicted octanol–water partition coefficient (Wildman–Crippen LogP) is 5.49. The van der Waals surface area contributed by atoms with Crippen LogP contribution in [-0.4, -0.2) is 29.6 Å². The van der Waals surface area contributed by atoms with Crippen LogP contribution in [0.2, 0.25) is 25.7 Å². The zero-order valence-corrected chi connectivity index (χ0v) is 18.4. The number of aliphatic hydroxyl groups is 1. The molecular formula is C22H26N2O2SSi. The van der Waals surface area contributed by atoms with E-state index in [0.717, 1.165) is 40.7 Å². The fourth-order valence-electron chi connectivity index (χ4n) is 3.40. The molecule has 2 heterocycles. The zero-order chi connectivity index (χ0) is 19.7. The largest absolute Gasteiger partial charge is 0.390 e. The Bertz CT molecular complexity index is 994. The average Bonchev–Trinajstić information content (AvgIpc) is 2.97. The van der Waals surface area contributed by atoms with Gasteiger partial charge in [-0.2, -0.15) is 5.10 Å². The van der Waals surface area contributed by atoms with Crippen LogP contribution in [0.1, 0.15) is 5.69 Å². The van der Waals surface area contributed by atoms with E-state index >= 15 is 0 Å². The van der Waals surface area contributed by atoms with E-state index in [1.165, 1.54) is 9.79 Å². The summed E-state index contributed by atoms with van der Waals surface area (Å²) in [4.78, 5) is 2.37. The Morgan fingerprint density at radius 2 is 1.64 bits per heavy atom. The summed E-state index contributed by atoms with van der Waals surface area (Å²) in [7, 11) is -1.14. The fraction of sp³-hybridized carbons (Fsp3) is 0.318. The van der Waals surface area contributed by atoms with Crippen LogP contribution in [-0.2, 0) is 18.1 Å². The molecule has 0 saturated carbocycles. The first kappa shape index (κ1) is 19.5. The van der Waals surface area contributed by atoms with Gasteiger partial charge >= 0.3 is 0 Å². The second-order valence-electron chi connectivity index (χ2n) is 8.27. The summed E-state index contributed by atoms with van der Waals surface area (Å²) in [5.74, 6) is 0. The summed E-state index contributed by atoms with van der Waals surface area (Å²) >= 11 is 1.76. The van der Waals surface area contributed by atoms with Crippen molar-refractivity contribution >= 4 is 19.8 Å². The van der Waals surface area contributed by atoms with Crippen molar-refractivity contribution in [3.8, 4) is 22.4 Å². The van der Waals surface area contributed by atoms with E-state index in [2.05, 4.69) is 56.0 Å². The molecule has 0 amide bonds. The van der Waals surface area contributed by atoms with Crippen LogP contribution in [0.15, 0.2) is 58.3 Å². The van der Waals surface area contributed by atoms with Crippen molar-refractivity contribution in [3.05, 3.63) is 54.2 Å². The molecule has 4 rings (SSSR count). The van der Waals surface area contributed by atoms with Gasteiger partial charge in [-0.1, -0.05) is 67.8 Å². The summed E-state index contributed by atoms with van der Waals surface area (Å²) < 4.78 is 7.77. The van der Waals surface area contributed by atoms with Crippen LogP contribution in [0.25, 0.3) is 22.4 Å². The van der Waals surface area contributed by atoms with E-state index in [9.17, 15) is 5.11 Å². The molecule has 0 radical (unpaired) electrons. The van der Waals surface area contributed by atoms with Gasteiger partial charge in [0, 0.05) is 35.6 Å². The monoisotopic (exact) mass is 410 g/mol. The molecule has 0 aliphatic carbocycles. The molecule has 1 N–H and O–H groups in total. The summed E-state index contributed by atoms with van der Waals surface area (Å²) in [6.45, 7) is 8.06. The highest BCUT2D eigenvalue weighted by atomic mass is 32.2. The van der Waals surface area contributed by atoms with Gasteiger partial charge < -0.3 is 9.84 Å². The highest BCUT2D eigenvalue weighted by molar-refractivity contribution is 7.99. The zero-order valence-electron chi connectivity index (χ0n) is 16.6. The van der Waals surface area contributed by atoms with Crippen LogP contribution < -0.4 is 0 Å². The normalized spacial score (nSPS) is 12.9. The molecule has 0 saturated heterocycles. The lowest BCUT2D eigenvalue weighted by Crippen LogP contribution is -2.22. The van der Waals surface area contributed by atoms with Crippen molar-refractivity contribution in [2.75, 3.05) is 6.61 Å². The number of benzene rings is 2. The number of hydrogen-bond acceptors (Lipinski definition) is 4. The molecule has 4 nitrogen and oxygen atoms in total. The van der Waals surface area contributed by atoms with Gasteiger partial charge in [0.15, 0.2) is 0 Å². The third-order valence-corrected chi connectivity index (χ3v) is 7.79. The SMILES string of the molecule is C[Si](C)(C)CCOCn1nc2c(c1CO)-c1ccccc1Sc1ccccc1-2. The third-order valence-electron chi connectivity index (χ3n) is 4.94. The van der Waals surface area contributed by atoms with E-state index in [-0.39, 0.29) is 6.61 Å².